The van der Waals surface area contributed by atoms with Gasteiger partial charge in [-0.25, -0.2) is 0 Å². The average Bonchev–Trinajstić information content (AvgIpc) is 3.07. The highest BCUT2D eigenvalue weighted by molar-refractivity contribution is 5.90. The van der Waals surface area contributed by atoms with Crippen LogP contribution in [0.15, 0.2) is 18.2 Å². The molecule has 1 aromatic carbocycles. The molecule has 0 spiro atoms. The molecule has 3 atom stereocenters. The van der Waals surface area contributed by atoms with Crippen molar-refractivity contribution in [1.29, 1.82) is 0 Å². The number of methoxy groups -OCH3 is 1. The van der Waals surface area contributed by atoms with Crippen LogP contribution in [0, 0.1) is 0 Å². The Hall–Kier alpha value is -1.75. The number of hydrogen-bond acceptors (Lipinski definition) is 4. The van der Waals surface area contributed by atoms with E-state index in [1.54, 1.807) is 25.3 Å². The van der Waals surface area contributed by atoms with E-state index in [-0.39, 0.29) is 18.1 Å². The number of benzene rings is 1. The molecular weight excluding hydrogens is 246 g/mol. The van der Waals surface area contributed by atoms with E-state index in [0.29, 0.717) is 23.3 Å². The maximum Gasteiger partial charge on any atom is 0.221 e. The Kier molecular flexibility index (Phi) is 3.06. The third-order valence-electron chi connectivity index (χ3n) is 3.50. The summed E-state index contributed by atoms with van der Waals surface area (Å²) in [5, 5.41) is 2.77. The summed E-state index contributed by atoms with van der Waals surface area (Å²) in [5.41, 5.74) is 0.664. The molecule has 1 saturated heterocycles. The summed E-state index contributed by atoms with van der Waals surface area (Å²) >= 11 is 0. The Bertz CT molecular complexity index is 502. The minimum atomic E-state index is -0.123. The van der Waals surface area contributed by atoms with Crippen molar-refractivity contribution in [2.45, 2.75) is 38.1 Å². The van der Waals surface area contributed by atoms with Crippen LogP contribution >= 0.6 is 0 Å². The number of anilines is 1. The Balaban J connectivity index is 1.81. The van der Waals surface area contributed by atoms with E-state index in [1.165, 1.54) is 6.92 Å². The Morgan fingerprint density at radius 2 is 2.26 bits per heavy atom. The van der Waals surface area contributed by atoms with Gasteiger partial charge < -0.3 is 19.5 Å². The first-order valence-electron chi connectivity index (χ1n) is 6.45. The Morgan fingerprint density at radius 1 is 1.42 bits per heavy atom. The summed E-state index contributed by atoms with van der Waals surface area (Å²) in [6.07, 6.45) is 2.71. The molecule has 5 nitrogen and oxygen atoms in total. The molecule has 0 bridgehead atoms. The number of epoxide rings is 1. The zero-order chi connectivity index (χ0) is 13.4. The third kappa shape index (κ3) is 2.51. The van der Waals surface area contributed by atoms with Crippen LogP contribution in [-0.2, 0) is 9.53 Å². The lowest BCUT2D eigenvalue weighted by Gasteiger charge is -2.18. The fourth-order valence-corrected chi connectivity index (χ4v) is 2.52. The minimum absolute atomic E-state index is 0.0737. The van der Waals surface area contributed by atoms with E-state index in [2.05, 4.69) is 5.32 Å². The number of fused-ring (bicyclic) bond motifs is 1. The van der Waals surface area contributed by atoms with Crippen molar-refractivity contribution in [3.63, 3.8) is 0 Å². The fraction of sp³-hybridized carbons (Fsp3) is 0.500. The van der Waals surface area contributed by atoms with Crippen molar-refractivity contribution in [2.24, 2.45) is 0 Å². The number of ether oxygens (including phenoxy) is 3. The highest BCUT2D eigenvalue weighted by atomic mass is 16.6. The van der Waals surface area contributed by atoms with E-state index in [4.69, 9.17) is 14.2 Å². The summed E-state index contributed by atoms with van der Waals surface area (Å²) in [6, 6.07) is 5.37. The van der Waals surface area contributed by atoms with Gasteiger partial charge in [-0.3, -0.25) is 4.79 Å². The lowest BCUT2D eigenvalue weighted by atomic mass is 10.2. The molecule has 1 aliphatic heterocycles. The predicted octanol–water partition coefficient (Wildman–Crippen LogP) is 1.96. The van der Waals surface area contributed by atoms with Gasteiger partial charge in [0.05, 0.1) is 18.9 Å². The van der Waals surface area contributed by atoms with Gasteiger partial charge >= 0.3 is 0 Å². The molecule has 19 heavy (non-hydrogen) atoms. The van der Waals surface area contributed by atoms with Gasteiger partial charge in [0, 0.05) is 13.0 Å². The number of hydrogen-bond donors (Lipinski definition) is 1. The van der Waals surface area contributed by atoms with Crippen LogP contribution in [0.4, 0.5) is 5.69 Å². The minimum Gasteiger partial charge on any atom is -0.497 e. The van der Waals surface area contributed by atoms with Crippen LogP contribution < -0.4 is 14.8 Å². The van der Waals surface area contributed by atoms with Crippen molar-refractivity contribution in [1.82, 2.24) is 0 Å². The lowest BCUT2D eigenvalue weighted by Crippen LogP contribution is -2.20. The predicted molar refractivity (Wildman–Crippen MR) is 69.6 cm³/mol. The lowest BCUT2D eigenvalue weighted by molar-refractivity contribution is -0.114. The highest BCUT2D eigenvalue weighted by Gasteiger charge is 2.51. The van der Waals surface area contributed by atoms with Gasteiger partial charge in [-0.1, -0.05) is 0 Å². The van der Waals surface area contributed by atoms with Gasteiger partial charge in [-0.05, 0) is 25.0 Å². The number of nitrogens with one attached hydrogen (secondary N) is 1. The molecule has 2 fully saturated rings. The molecule has 0 radical (unpaired) electrons. The molecule has 3 rings (SSSR count). The highest BCUT2D eigenvalue weighted by Crippen LogP contribution is 2.42. The molecule has 1 heterocycles. The van der Waals surface area contributed by atoms with Crippen molar-refractivity contribution >= 4 is 11.6 Å². The fourth-order valence-electron chi connectivity index (χ4n) is 2.52. The number of carbonyl (C=O) groups is 1. The van der Waals surface area contributed by atoms with Gasteiger partial charge in [0.2, 0.25) is 5.91 Å². The van der Waals surface area contributed by atoms with Gasteiger partial charge in [0.15, 0.2) is 0 Å². The first-order valence-corrected chi connectivity index (χ1v) is 6.45. The van der Waals surface area contributed by atoms with E-state index in [0.717, 1.165) is 12.8 Å². The molecular formula is C14H17NO4. The van der Waals surface area contributed by atoms with Crippen molar-refractivity contribution in [3.05, 3.63) is 18.2 Å². The van der Waals surface area contributed by atoms with Gasteiger partial charge in [-0.15, -0.1) is 0 Å². The molecule has 0 unspecified atom stereocenters. The summed E-state index contributed by atoms with van der Waals surface area (Å²) in [6.45, 7) is 1.48. The first-order chi connectivity index (χ1) is 9.17. The zero-order valence-corrected chi connectivity index (χ0v) is 11.0. The van der Waals surface area contributed by atoms with E-state index in [9.17, 15) is 4.79 Å². The third-order valence-corrected chi connectivity index (χ3v) is 3.50. The second kappa shape index (κ2) is 4.74. The van der Waals surface area contributed by atoms with Gasteiger partial charge in [-0.2, -0.15) is 0 Å². The molecule has 1 aromatic rings. The molecule has 102 valence electrons. The average molecular weight is 263 g/mol. The molecule has 1 aliphatic carbocycles. The van der Waals surface area contributed by atoms with Crippen molar-refractivity contribution < 1.29 is 19.0 Å². The molecule has 1 amide bonds. The van der Waals surface area contributed by atoms with Crippen LogP contribution in [0.25, 0.3) is 0 Å². The van der Waals surface area contributed by atoms with Crippen molar-refractivity contribution in [2.75, 3.05) is 12.4 Å². The molecule has 0 aromatic heterocycles. The maximum atomic E-state index is 11.2. The van der Waals surface area contributed by atoms with E-state index >= 15 is 0 Å². The largest absolute Gasteiger partial charge is 0.497 e. The van der Waals surface area contributed by atoms with Crippen LogP contribution in [0.5, 0.6) is 11.5 Å². The maximum absolute atomic E-state index is 11.2. The van der Waals surface area contributed by atoms with Crippen LogP contribution in [0.3, 0.4) is 0 Å². The molecule has 5 heteroatoms. The smallest absolute Gasteiger partial charge is 0.221 e. The summed E-state index contributed by atoms with van der Waals surface area (Å²) < 4.78 is 16.6. The zero-order valence-electron chi connectivity index (χ0n) is 11.0. The van der Waals surface area contributed by atoms with Crippen LogP contribution in [0.2, 0.25) is 0 Å². The number of carbonyl (C=O) groups excluding carboxylic acids is 1. The Morgan fingerprint density at radius 3 is 2.84 bits per heavy atom. The Labute approximate surface area is 111 Å². The molecule has 1 N–H and O–H groups in total. The molecule has 2 aliphatic rings. The summed E-state index contributed by atoms with van der Waals surface area (Å²) in [5.74, 6) is 1.22. The van der Waals surface area contributed by atoms with Gasteiger partial charge in [0.25, 0.3) is 0 Å². The monoisotopic (exact) mass is 263 g/mol. The second-order valence-corrected chi connectivity index (χ2v) is 4.92. The summed E-state index contributed by atoms with van der Waals surface area (Å²) in [7, 11) is 1.60. The standard InChI is InChI=1S/C14H17NO4/c1-8(16)15-10-4-3-9(17-2)7-13(10)18-11-5-6-12-14(11)19-12/h3-4,7,11-12,14H,5-6H2,1-2H3,(H,15,16)/t11-,12+,14-/m0/s1. The first kappa shape index (κ1) is 12.3. The van der Waals surface area contributed by atoms with Crippen molar-refractivity contribution in [3.8, 4) is 11.5 Å². The van der Waals surface area contributed by atoms with E-state index < -0.39 is 0 Å². The topological polar surface area (TPSA) is 60.1 Å². The van der Waals surface area contributed by atoms with Gasteiger partial charge in [0.1, 0.15) is 23.7 Å². The molecule has 1 saturated carbocycles. The summed E-state index contributed by atoms with van der Waals surface area (Å²) in [4.78, 5) is 11.2. The number of amides is 1. The normalized spacial score (nSPS) is 27.6. The van der Waals surface area contributed by atoms with Crippen LogP contribution in [-0.4, -0.2) is 31.3 Å². The van der Waals surface area contributed by atoms with E-state index in [1.807, 2.05) is 0 Å². The van der Waals surface area contributed by atoms with Crippen LogP contribution in [0.1, 0.15) is 19.8 Å². The second-order valence-electron chi connectivity index (χ2n) is 4.92. The SMILES string of the molecule is COc1ccc(NC(C)=O)c(O[C@H]2CC[C@H]3O[C@@H]23)c1. The number of rotatable bonds is 4. The quantitative estimate of drug-likeness (QED) is 0.844.